The molecule has 12 heteroatoms. The fourth-order valence-corrected chi connectivity index (χ4v) is 3.97. The molecule has 31 heavy (non-hydrogen) atoms. The number of carbonyl (C=O) groups is 1. The summed E-state index contributed by atoms with van der Waals surface area (Å²) in [7, 11) is 15.7. The van der Waals surface area contributed by atoms with Gasteiger partial charge in [-0.3, -0.25) is 4.79 Å². The Labute approximate surface area is 184 Å². The summed E-state index contributed by atoms with van der Waals surface area (Å²) in [5, 5.41) is 0. The van der Waals surface area contributed by atoms with Crippen LogP contribution in [0.1, 0.15) is 11.1 Å². The summed E-state index contributed by atoms with van der Waals surface area (Å²) in [6.45, 7) is 0. The second-order valence-electron chi connectivity index (χ2n) is 6.59. The van der Waals surface area contributed by atoms with Crippen molar-refractivity contribution in [3.05, 3.63) is 71.3 Å². The Morgan fingerprint density at radius 2 is 1.55 bits per heavy atom. The maximum absolute atomic E-state index is 13.1. The van der Waals surface area contributed by atoms with Crippen LogP contribution in [-0.2, 0) is 33.9 Å². The van der Waals surface area contributed by atoms with Gasteiger partial charge in [0.15, 0.2) is 13.3 Å². The van der Waals surface area contributed by atoms with Crippen LogP contribution in [0.15, 0.2) is 60.2 Å². The maximum atomic E-state index is 13.1. The van der Waals surface area contributed by atoms with E-state index in [0.29, 0.717) is 0 Å². The molecule has 0 amide bonds. The first kappa shape index (κ1) is 22.7. The molecule has 0 unspecified atom stereocenters. The van der Waals surface area contributed by atoms with E-state index in [1.165, 1.54) is 50.6 Å². The summed E-state index contributed by atoms with van der Waals surface area (Å²) in [5.74, 6) is -2.36. The monoisotopic (exact) mass is 435 g/mol. The number of ketones is 1. The van der Waals surface area contributed by atoms with Gasteiger partial charge in [-0.1, -0.05) is 36.4 Å². The number of nitrogens with two attached hydrogens (primary N) is 1. The topological polar surface area (TPSA) is 114 Å². The van der Waals surface area contributed by atoms with Crippen molar-refractivity contribution < 1.29 is 31.6 Å². The highest BCUT2D eigenvalue weighted by atomic mass is 32.2. The molecule has 2 aromatic rings. The highest BCUT2D eigenvalue weighted by Gasteiger charge is 2.52. The Hall–Kier alpha value is -3.01. The quantitative estimate of drug-likeness (QED) is 0.487. The SMILES string of the molecule is [B]C([B])(c1ccccc1)S(=O)(=O)OC1=C(N)O[C@@]([B])(c2c(OC)cccc2OC)C1=O. The van der Waals surface area contributed by atoms with E-state index in [4.69, 9.17) is 47.7 Å². The average molecular weight is 435 g/mol. The lowest BCUT2D eigenvalue weighted by Gasteiger charge is -2.28. The van der Waals surface area contributed by atoms with Gasteiger partial charge in [0.05, 0.1) is 40.0 Å². The third kappa shape index (κ3) is 3.65. The first-order chi connectivity index (χ1) is 14.5. The fourth-order valence-electron chi connectivity index (χ4n) is 3.03. The van der Waals surface area contributed by atoms with E-state index >= 15 is 0 Å². The third-order valence-electron chi connectivity index (χ3n) is 4.67. The number of rotatable bonds is 7. The lowest BCUT2D eigenvalue weighted by atomic mass is 9.65. The van der Waals surface area contributed by atoms with Gasteiger partial charge in [-0.15, -0.1) is 0 Å². The van der Waals surface area contributed by atoms with Crippen molar-refractivity contribution in [1.82, 2.24) is 0 Å². The second kappa shape index (κ2) is 7.92. The van der Waals surface area contributed by atoms with Crippen LogP contribution in [0.2, 0.25) is 0 Å². The molecule has 1 aliphatic heterocycles. The molecule has 2 N–H and O–H groups in total. The highest BCUT2D eigenvalue weighted by Crippen LogP contribution is 2.45. The molecule has 0 aliphatic carbocycles. The molecule has 0 aromatic heterocycles. The first-order valence-corrected chi connectivity index (χ1v) is 10.2. The van der Waals surface area contributed by atoms with E-state index in [0.717, 1.165) is 0 Å². The van der Waals surface area contributed by atoms with Gasteiger partial charge in [-0.25, -0.2) is 0 Å². The van der Waals surface area contributed by atoms with Crippen LogP contribution in [0.25, 0.3) is 0 Å². The first-order valence-electron chi connectivity index (χ1n) is 8.80. The molecule has 2 aromatic carbocycles. The van der Waals surface area contributed by atoms with Crippen LogP contribution in [0.3, 0.4) is 0 Å². The maximum Gasteiger partial charge on any atom is 0.302 e. The van der Waals surface area contributed by atoms with Crippen LogP contribution in [0.4, 0.5) is 0 Å². The summed E-state index contributed by atoms with van der Waals surface area (Å²) in [5.41, 5.74) is 3.48. The van der Waals surface area contributed by atoms with Crippen LogP contribution in [0.5, 0.6) is 11.5 Å². The van der Waals surface area contributed by atoms with Gasteiger partial charge >= 0.3 is 10.1 Å². The third-order valence-corrected chi connectivity index (χ3v) is 6.12. The molecular formula is C19H16B3NO7S. The second-order valence-corrected chi connectivity index (χ2v) is 8.34. The van der Waals surface area contributed by atoms with Gasteiger partial charge in [0.1, 0.15) is 11.5 Å². The Kier molecular flexibility index (Phi) is 5.79. The predicted molar refractivity (Wildman–Crippen MR) is 114 cm³/mol. The zero-order valence-corrected chi connectivity index (χ0v) is 17.5. The van der Waals surface area contributed by atoms with Crippen LogP contribution in [-0.4, -0.2) is 52.0 Å². The van der Waals surface area contributed by atoms with E-state index in [2.05, 4.69) is 0 Å². The molecule has 0 saturated heterocycles. The minimum Gasteiger partial charge on any atom is -0.496 e. The van der Waals surface area contributed by atoms with Gasteiger partial charge in [-0.2, -0.15) is 8.42 Å². The molecule has 0 saturated carbocycles. The van der Waals surface area contributed by atoms with Gasteiger partial charge in [0, 0.05) is 0 Å². The summed E-state index contributed by atoms with van der Waals surface area (Å²) in [6.07, 6.45) is 0. The van der Waals surface area contributed by atoms with Crippen molar-refractivity contribution >= 4 is 39.4 Å². The van der Waals surface area contributed by atoms with Crippen molar-refractivity contribution in [2.75, 3.05) is 14.2 Å². The standard InChI is InChI=1S/C19H16B3NO7S/c1-27-12-9-6-10-13(28-2)14(12)18(20)16(24)15(17(23)29-18)30-31(25,26)19(21,22)11-7-4-3-5-8-11/h3-10H,23H2,1-2H3/t18-/m0/s1. The summed E-state index contributed by atoms with van der Waals surface area (Å²) in [4.78, 5) is 13.1. The zero-order valence-electron chi connectivity index (χ0n) is 16.7. The number of hydrogen-bond acceptors (Lipinski definition) is 8. The van der Waals surface area contributed by atoms with Crippen LogP contribution < -0.4 is 15.2 Å². The number of hydrogen-bond donors (Lipinski definition) is 1. The minimum absolute atomic E-state index is 0.0150. The van der Waals surface area contributed by atoms with Gasteiger partial charge < -0.3 is 24.1 Å². The lowest BCUT2D eigenvalue weighted by Crippen LogP contribution is -2.40. The molecule has 8 nitrogen and oxygen atoms in total. The van der Waals surface area contributed by atoms with Crippen LogP contribution in [0, 0.1) is 0 Å². The Morgan fingerprint density at radius 3 is 2.06 bits per heavy atom. The van der Waals surface area contributed by atoms with Crippen molar-refractivity contribution in [2.45, 2.75) is 10.0 Å². The smallest absolute Gasteiger partial charge is 0.302 e. The molecule has 0 bridgehead atoms. The molecule has 1 aliphatic rings. The lowest BCUT2D eigenvalue weighted by molar-refractivity contribution is -0.126. The molecule has 6 radical (unpaired) electrons. The van der Waals surface area contributed by atoms with Crippen molar-refractivity contribution in [3.8, 4) is 11.5 Å². The zero-order chi connectivity index (χ0) is 23.0. The van der Waals surface area contributed by atoms with Gasteiger partial charge in [0.25, 0.3) is 0 Å². The van der Waals surface area contributed by atoms with E-state index in [1.807, 2.05) is 0 Å². The molecule has 0 spiro atoms. The largest absolute Gasteiger partial charge is 0.496 e. The van der Waals surface area contributed by atoms with Crippen molar-refractivity contribution in [1.29, 1.82) is 0 Å². The summed E-state index contributed by atoms with van der Waals surface area (Å²) < 4.78 is 44.0. The number of Topliss-reactive ketones (excluding diaryl/α,β-unsaturated/α-hetero) is 1. The molecule has 1 atom stereocenters. The Balaban J connectivity index is 2.01. The molecule has 3 rings (SSSR count). The Bertz CT molecular complexity index is 1130. The van der Waals surface area contributed by atoms with Crippen molar-refractivity contribution in [2.24, 2.45) is 5.73 Å². The van der Waals surface area contributed by atoms with E-state index in [-0.39, 0.29) is 22.6 Å². The minimum atomic E-state index is -4.83. The highest BCUT2D eigenvalue weighted by molar-refractivity contribution is 7.90. The summed E-state index contributed by atoms with van der Waals surface area (Å²) in [6, 6.07) is 12.1. The number of carbonyl (C=O) groups excluding carboxylic acids is 1. The molecular weight excluding hydrogens is 419 g/mol. The van der Waals surface area contributed by atoms with Gasteiger partial charge in [-0.05, 0) is 17.7 Å². The number of ether oxygens (including phenoxy) is 3. The molecule has 154 valence electrons. The van der Waals surface area contributed by atoms with Crippen LogP contribution >= 0.6 is 0 Å². The molecule has 0 fully saturated rings. The van der Waals surface area contributed by atoms with E-state index < -0.39 is 37.6 Å². The van der Waals surface area contributed by atoms with E-state index in [9.17, 15) is 13.2 Å². The number of methoxy groups -OCH3 is 2. The fraction of sp³-hybridized carbons (Fsp3) is 0.211. The summed E-state index contributed by atoms with van der Waals surface area (Å²) >= 11 is 0. The normalized spacial score (nSPS) is 19.1. The van der Waals surface area contributed by atoms with E-state index in [1.54, 1.807) is 12.1 Å². The van der Waals surface area contributed by atoms with Gasteiger partial charge in [0.2, 0.25) is 17.4 Å². The Morgan fingerprint density at radius 1 is 1.00 bits per heavy atom. The van der Waals surface area contributed by atoms with Crippen molar-refractivity contribution in [3.63, 3.8) is 0 Å². The predicted octanol–water partition coefficient (Wildman–Crippen LogP) is 0.246. The average Bonchev–Trinajstić information content (AvgIpc) is 2.96. The number of benzene rings is 2. The molecule has 1 heterocycles.